The molecule has 1 fully saturated rings. The zero-order valence-corrected chi connectivity index (χ0v) is 14.4. The number of sulfone groups is 1. The van der Waals surface area contributed by atoms with Crippen molar-refractivity contribution in [2.45, 2.75) is 45.1 Å². The summed E-state index contributed by atoms with van der Waals surface area (Å²) in [5, 5.41) is 2.62. The molecule has 1 amide bonds. The number of aromatic nitrogens is 1. The number of hydrogen-bond acceptors (Lipinski definition) is 5. The Kier molecular flexibility index (Phi) is 4.94. The molecule has 3 atom stereocenters. The van der Waals surface area contributed by atoms with E-state index in [9.17, 15) is 13.2 Å². The Morgan fingerprint density at radius 2 is 2.00 bits per heavy atom. The van der Waals surface area contributed by atoms with Crippen LogP contribution in [0.5, 0.6) is 0 Å². The van der Waals surface area contributed by atoms with Gasteiger partial charge < -0.3 is 9.42 Å². The van der Waals surface area contributed by atoms with Crippen LogP contribution in [-0.4, -0.2) is 42.7 Å². The monoisotopic (exact) mass is 328 g/mol. The highest BCUT2D eigenvalue weighted by atomic mass is 32.2. The maximum atomic E-state index is 12.5. The van der Waals surface area contributed by atoms with Crippen molar-refractivity contribution in [3.05, 3.63) is 17.5 Å². The molecule has 124 valence electrons. The molecule has 0 aliphatic carbocycles. The molecule has 0 N–H and O–H groups in total. The van der Waals surface area contributed by atoms with E-state index in [1.54, 1.807) is 17.9 Å². The highest BCUT2D eigenvalue weighted by molar-refractivity contribution is 7.92. The van der Waals surface area contributed by atoms with E-state index in [0.29, 0.717) is 30.6 Å². The lowest BCUT2D eigenvalue weighted by molar-refractivity contribution is -0.133. The molecule has 0 aromatic carbocycles. The Morgan fingerprint density at radius 3 is 2.50 bits per heavy atom. The third-order valence-corrected chi connectivity index (χ3v) is 6.05. The number of likely N-dealkylation sites (tertiary alicyclic amines) is 1. The van der Waals surface area contributed by atoms with Gasteiger partial charge in [-0.1, -0.05) is 19.0 Å². The lowest BCUT2D eigenvalue weighted by atomic mass is 9.92. The van der Waals surface area contributed by atoms with Crippen LogP contribution in [0.1, 0.15) is 38.6 Å². The van der Waals surface area contributed by atoms with Crippen LogP contribution < -0.4 is 0 Å². The van der Waals surface area contributed by atoms with Crippen molar-refractivity contribution in [2.24, 2.45) is 11.8 Å². The van der Waals surface area contributed by atoms with Gasteiger partial charge in [0, 0.05) is 19.2 Å². The van der Waals surface area contributed by atoms with Crippen LogP contribution in [0.15, 0.2) is 10.6 Å². The summed E-state index contributed by atoms with van der Waals surface area (Å²) in [7, 11) is -3.61. The molecular formula is C15H24N2O4S. The minimum Gasteiger partial charge on any atom is -0.360 e. The standard InChI is InChI=1S/C15H24N2O4S/c1-10-5-11(2)8-17(7-10)15(18)13(4)22(19,20)9-14-6-12(3)16-21-14/h6,10-11,13H,5,7-9H2,1-4H3/t10-,11-,13-/m1/s1. The normalized spacial score (nSPS) is 24.3. The highest BCUT2D eigenvalue weighted by Crippen LogP contribution is 2.23. The molecule has 0 bridgehead atoms. The van der Waals surface area contributed by atoms with Crippen molar-refractivity contribution in [3.63, 3.8) is 0 Å². The van der Waals surface area contributed by atoms with Gasteiger partial charge >= 0.3 is 0 Å². The summed E-state index contributed by atoms with van der Waals surface area (Å²) in [6.07, 6.45) is 1.07. The molecule has 2 heterocycles. The van der Waals surface area contributed by atoms with Gasteiger partial charge in [0.2, 0.25) is 5.91 Å². The fourth-order valence-electron chi connectivity index (χ4n) is 3.06. The summed E-state index contributed by atoms with van der Waals surface area (Å²) < 4.78 is 29.8. The van der Waals surface area contributed by atoms with Crippen LogP contribution in [0.3, 0.4) is 0 Å². The quantitative estimate of drug-likeness (QED) is 0.842. The molecule has 0 unspecified atom stereocenters. The fourth-order valence-corrected chi connectivity index (χ4v) is 4.30. The number of aryl methyl sites for hydroxylation is 1. The zero-order chi connectivity index (χ0) is 16.5. The van der Waals surface area contributed by atoms with Gasteiger partial charge in [-0.2, -0.15) is 0 Å². The van der Waals surface area contributed by atoms with Crippen LogP contribution in [0.2, 0.25) is 0 Å². The van der Waals surface area contributed by atoms with Crippen molar-refractivity contribution in [1.82, 2.24) is 10.1 Å². The van der Waals surface area contributed by atoms with Crippen molar-refractivity contribution in [1.29, 1.82) is 0 Å². The number of carbonyl (C=O) groups excluding carboxylic acids is 1. The second kappa shape index (κ2) is 6.40. The minimum absolute atomic E-state index is 0.275. The summed E-state index contributed by atoms with van der Waals surface area (Å²) in [6.45, 7) is 8.63. The number of nitrogens with zero attached hydrogens (tertiary/aromatic N) is 2. The number of hydrogen-bond donors (Lipinski definition) is 0. The van der Waals surface area contributed by atoms with Gasteiger partial charge in [0.1, 0.15) is 11.0 Å². The van der Waals surface area contributed by atoms with Crippen LogP contribution in [0, 0.1) is 18.8 Å². The summed E-state index contributed by atoms with van der Waals surface area (Å²) in [5.41, 5.74) is 0.628. The number of rotatable bonds is 4. The number of amides is 1. The van der Waals surface area contributed by atoms with Crippen LogP contribution in [0.4, 0.5) is 0 Å². The lowest BCUT2D eigenvalue weighted by Gasteiger charge is -2.36. The molecule has 0 radical (unpaired) electrons. The largest absolute Gasteiger partial charge is 0.360 e. The van der Waals surface area contributed by atoms with Gasteiger partial charge in [-0.25, -0.2) is 8.42 Å². The first-order chi connectivity index (χ1) is 10.2. The Balaban J connectivity index is 2.08. The smallest absolute Gasteiger partial charge is 0.240 e. The van der Waals surface area contributed by atoms with E-state index in [0.717, 1.165) is 6.42 Å². The van der Waals surface area contributed by atoms with Crippen LogP contribution >= 0.6 is 0 Å². The van der Waals surface area contributed by atoms with Gasteiger partial charge in [0.25, 0.3) is 0 Å². The van der Waals surface area contributed by atoms with E-state index >= 15 is 0 Å². The second-order valence-corrected chi connectivity index (χ2v) is 8.89. The van der Waals surface area contributed by atoms with E-state index in [-0.39, 0.29) is 17.4 Å². The molecule has 1 aromatic rings. The van der Waals surface area contributed by atoms with Crippen LogP contribution in [-0.2, 0) is 20.4 Å². The Labute approximate surface area is 131 Å². The first-order valence-electron chi connectivity index (χ1n) is 7.61. The molecule has 1 aliphatic rings. The molecule has 1 saturated heterocycles. The van der Waals surface area contributed by atoms with Crippen LogP contribution in [0.25, 0.3) is 0 Å². The molecule has 22 heavy (non-hydrogen) atoms. The maximum Gasteiger partial charge on any atom is 0.240 e. The fraction of sp³-hybridized carbons (Fsp3) is 0.733. The Morgan fingerprint density at radius 1 is 1.41 bits per heavy atom. The van der Waals surface area contributed by atoms with Crippen molar-refractivity contribution in [3.8, 4) is 0 Å². The van der Waals surface area contributed by atoms with Gasteiger partial charge in [-0.3, -0.25) is 4.79 Å². The van der Waals surface area contributed by atoms with E-state index in [1.165, 1.54) is 6.92 Å². The molecule has 7 heteroatoms. The predicted molar refractivity (Wildman–Crippen MR) is 82.9 cm³/mol. The molecule has 6 nitrogen and oxygen atoms in total. The van der Waals surface area contributed by atoms with Gasteiger partial charge in [0.05, 0.1) is 5.69 Å². The first-order valence-corrected chi connectivity index (χ1v) is 9.33. The summed E-state index contributed by atoms with van der Waals surface area (Å²) >= 11 is 0. The van der Waals surface area contributed by atoms with E-state index in [2.05, 4.69) is 19.0 Å². The molecule has 0 saturated carbocycles. The number of carbonyl (C=O) groups is 1. The van der Waals surface area contributed by atoms with E-state index < -0.39 is 15.1 Å². The molecule has 2 rings (SSSR count). The number of piperidine rings is 1. The van der Waals surface area contributed by atoms with Gasteiger partial charge in [-0.15, -0.1) is 0 Å². The molecule has 1 aliphatic heterocycles. The summed E-state index contributed by atoms with van der Waals surface area (Å²) in [6, 6.07) is 1.58. The SMILES string of the molecule is Cc1cc(CS(=O)(=O)[C@H](C)C(=O)N2C[C@H](C)C[C@@H](C)C2)on1. The summed E-state index contributed by atoms with van der Waals surface area (Å²) in [4.78, 5) is 14.2. The summed E-state index contributed by atoms with van der Waals surface area (Å²) in [5.74, 6) is 0.478. The predicted octanol–water partition coefficient (Wildman–Crippen LogP) is 1.79. The van der Waals surface area contributed by atoms with Gasteiger partial charge in [0.15, 0.2) is 15.6 Å². The minimum atomic E-state index is -3.61. The molecule has 1 aromatic heterocycles. The van der Waals surface area contributed by atoms with E-state index in [4.69, 9.17) is 4.52 Å². The van der Waals surface area contributed by atoms with Crippen molar-refractivity contribution in [2.75, 3.05) is 13.1 Å². The molecule has 0 spiro atoms. The third kappa shape index (κ3) is 3.88. The topological polar surface area (TPSA) is 80.5 Å². The second-order valence-electron chi connectivity index (χ2n) is 6.57. The van der Waals surface area contributed by atoms with Crippen molar-refractivity contribution >= 4 is 15.7 Å². The van der Waals surface area contributed by atoms with E-state index in [1.807, 2.05) is 0 Å². The van der Waals surface area contributed by atoms with Crippen molar-refractivity contribution < 1.29 is 17.7 Å². The third-order valence-electron chi connectivity index (χ3n) is 4.09. The Bertz CT molecular complexity index is 628. The first kappa shape index (κ1) is 17.0. The highest BCUT2D eigenvalue weighted by Gasteiger charge is 2.35. The average Bonchev–Trinajstić information content (AvgIpc) is 2.80. The Hall–Kier alpha value is -1.37. The zero-order valence-electron chi connectivity index (χ0n) is 13.6. The average molecular weight is 328 g/mol. The van der Waals surface area contributed by atoms with Gasteiger partial charge in [-0.05, 0) is 32.1 Å². The maximum absolute atomic E-state index is 12.5. The molecular weight excluding hydrogens is 304 g/mol. The lowest BCUT2D eigenvalue weighted by Crippen LogP contribution is -2.48.